The van der Waals surface area contributed by atoms with Crippen LogP contribution >= 0.6 is 11.6 Å². The van der Waals surface area contributed by atoms with Gasteiger partial charge in [-0.1, -0.05) is 23.7 Å². The number of nitrogens with zero attached hydrogens (tertiary/aromatic N) is 3. The molecule has 0 saturated heterocycles. The summed E-state index contributed by atoms with van der Waals surface area (Å²) in [5.74, 6) is 1.19. The quantitative estimate of drug-likeness (QED) is 0.673. The Balaban J connectivity index is 1.79. The van der Waals surface area contributed by atoms with Gasteiger partial charge in [-0.2, -0.15) is 18.9 Å². The number of hydrogen-bond donors (Lipinski definition) is 1. The van der Waals surface area contributed by atoms with Gasteiger partial charge in [0.2, 0.25) is 5.95 Å². The summed E-state index contributed by atoms with van der Waals surface area (Å²) < 4.78 is 37.3. The average Bonchev–Trinajstić information content (AvgIpc) is 3.15. The Morgan fingerprint density at radius 1 is 1.18 bits per heavy atom. The highest BCUT2D eigenvalue weighted by molar-refractivity contribution is 6.30. The lowest BCUT2D eigenvalue weighted by Gasteiger charge is -2.25. The fourth-order valence-corrected chi connectivity index (χ4v) is 3.20. The molecule has 1 aliphatic heterocycles. The first-order valence-electron chi connectivity index (χ1n) is 8.32. The lowest BCUT2D eigenvalue weighted by atomic mass is 10.0. The summed E-state index contributed by atoms with van der Waals surface area (Å²) in [5.41, 5.74) is 1.93. The van der Waals surface area contributed by atoms with E-state index in [1.165, 1.54) is 12.4 Å². The molecule has 28 heavy (non-hydrogen) atoms. The first-order chi connectivity index (χ1) is 13.5. The molecule has 0 saturated carbocycles. The smallest absolute Gasteiger partial charge is 0.387 e. The van der Waals surface area contributed by atoms with Gasteiger partial charge in [0.15, 0.2) is 0 Å². The molecule has 1 atom stereocenters. The van der Waals surface area contributed by atoms with Gasteiger partial charge in [0.1, 0.15) is 23.9 Å². The van der Waals surface area contributed by atoms with Crippen molar-refractivity contribution in [3.8, 4) is 11.5 Å². The molecule has 1 N–H and O–H groups in total. The summed E-state index contributed by atoms with van der Waals surface area (Å²) in [5, 5.41) is 7.67. The Morgan fingerprint density at radius 2 is 1.96 bits per heavy atom. The van der Waals surface area contributed by atoms with Gasteiger partial charge in [0, 0.05) is 10.6 Å². The molecule has 0 spiro atoms. The van der Waals surface area contributed by atoms with E-state index in [0.29, 0.717) is 22.2 Å². The highest BCUT2D eigenvalue weighted by Crippen LogP contribution is 2.37. The second-order valence-corrected chi connectivity index (χ2v) is 6.41. The number of anilines is 1. The maximum Gasteiger partial charge on any atom is 0.387 e. The van der Waals surface area contributed by atoms with E-state index in [1.807, 2.05) is 30.3 Å². The highest BCUT2D eigenvalue weighted by Gasteiger charge is 2.25. The Morgan fingerprint density at radius 3 is 2.68 bits per heavy atom. The van der Waals surface area contributed by atoms with Crippen LogP contribution in [0.4, 0.5) is 14.7 Å². The molecule has 2 aromatic carbocycles. The van der Waals surface area contributed by atoms with Gasteiger partial charge in [0.25, 0.3) is 0 Å². The minimum Gasteiger partial charge on any atom is -0.497 e. The molecule has 1 unspecified atom stereocenters. The maximum absolute atomic E-state index is 12.9. The fraction of sp³-hybridized carbons (Fsp3) is 0.158. The largest absolute Gasteiger partial charge is 0.497 e. The van der Waals surface area contributed by atoms with Crippen molar-refractivity contribution < 1.29 is 18.3 Å². The third-order valence-electron chi connectivity index (χ3n) is 4.31. The summed E-state index contributed by atoms with van der Waals surface area (Å²) in [6.45, 7) is -2.97. The Kier molecular flexibility index (Phi) is 4.87. The van der Waals surface area contributed by atoms with Crippen LogP contribution < -0.4 is 14.8 Å². The van der Waals surface area contributed by atoms with E-state index < -0.39 is 6.61 Å². The normalized spacial score (nSPS) is 15.6. The van der Waals surface area contributed by atoms with Gasteiger partial charge < -0.3 is 14.8 Å². The van der Waals surface area contributed by atoms with Crippen LogP contribution in [0.25, 0.3) is 5.70 Å². The molecule has 3 aromatic rings. The molecule has 6 nitrogen and oxygen atoms in total. The lowest BCUT2D eigenvalue weighted by Crippen LogP contribution is -2.20. The molecule has 1 aliphatic rings. The molecule has 0 amide bonds. The van der Waals surface area contributed by atoms with Crippen LogP contribution in [0.5, 0.6) is 11.5 Å². The van der Waals surface area contributed by atoms with Crippen LogP contribution in [0.2, 0.25) is 5.02 Å². The summed E-state index contributed by atoms with van der Waals surface area (Å²) >= 11 is 5.95. The molecule has 4 rings (SSSR count). The van der Waals surface area contributed by atoms with E-state index in [9.17, 15) is 8.78 Å². The molecule has 0 fully saturated rings. The standard InChI is InChI=1S/C19H15ClF2N4O2/c1-27-13-5-2-11(3-6-13)16-9-15(25-19-23-10-24-26(16)19)14-7-4-12(20)8-17(14)28-18(21)22/h2-10,16,18H,1H3,(H,23,24,25). The number of ether oxygens (including phenoxy) is 2. The van der Waals surface area contributed by atoms with Crippen molar-refractivity contribution in [1.29, 1.82) is 0 Å². The molecular weight excluding hydrogens is 390 g/mol. The number of alkyl halides is 2. The topological polar surface area (TPSA) is 61.2 Å². The minimum absolute atomic E-state index is 0.0253. The van der Waals surface area contributed by atoms with Crippen molar-refractivity contribution in [3.05, 3.63) is 71.0 Å². The molecule has 0 radical (unpaired) electrons. The van der Waals surface area contributed by atoms with Crippen LogP contribution in [-0.4, -0.2) is 28.5 Å². The number of methoxy groups -OCH3 is 1. The molecule has 9 heteroatoms. The number of allylic oxidation sites excluding steroid dienone is 1. The van der Waals surface area contributed by atoms with Crippen LogP contribution in [0.15, 0.2) is 54.9 Å². The predicted octanol–water partition coefficient (Wildman–Crippen LogP) is 4.60. The van der Waals surface area contributed by atoms with Crippen LogP contribution in [0.3, 0.4) is 0 Å². The van der Waals surface area contributed by atoms with Gasteiger partial charge in [-0.3, -0.25) is 0 Å². The molecule has 2 heterocycles. The second-order valence-electron chi connectivity index (χ2n) is 5.97. The number of hydrogen-bond acceptors (Lipinski definition) is 5. The minimum atomic E-state index is -2.97. The molecule has 144 valence electrons. The lowest BCUT2D eigenvalue weighted by molar-refractivity contribution is -0.0500. The van der Waals surface area contributed by atoms with Gasteiger partial charge >= 0.3 is 6.61 Å². The van der Waals surface area contributed by atoms with E-state index in [0.717, 1.165) is 11.3 Å². The number of benzene rings is 2. The highest BCUT2D eigenvalue weighted by atomic mass is 35.5. The van der Waals surface area contributed by atoms with E-state index in [2.05, 4.69) is 20.1 Å². The Bertz CT molecular complexity index is 1020. The third-order valence-corrected chi connectivity index (χ3v) is 4.55. The predicted molar refractivity (Wildman–Crippen MR) is 101 cm³/mol. The fourth-order valence-electron chi connectivity index (χ4n) is 3.04. The van der Waals surface area contributed by atoms with Crippen molar-refractivity contribution in [2.45, 2.75) is 12.7 Å². The van der Waals surface area contributed by atoms with E-state index in [4.69, 9.17) is 16.3 Å². The van der Waals surface area contributed by atoms with E-state index >= 15 is 0 Å². The molecular formula is C19H15ClF2N4O2. The average molecular weight is 405 g/mol. The van der Waals surface area contributed by atoms with Crippen LogP contribution in [0.1, 0.15) is 17.2 Å². The maximum atomic E-state index is 12.9. The zero-order valence-electron chi connectivity index (χ0n) is 14.6. The number of nitrogens with one attached hydrogen (secondary N) is 1. The molecule has 0 aliphatic carbocycles. The van der Waals surface area contributed by atoms with Gasteiger partial charge in [-0.15, -0.1) is 0 Å². The first-order valence-corrected chi connectivity index (χ1v) is 8.70. The van der Waals surface area contributed by atoms with Crippen molar-refractivity contribution in [1.82, 2.24) is 14.8 Å². The number of halogens is 3. The SMILES string of the molecule is COc1ccc(C2C=C(c3ccc(Cl)cc3OC(F)F)Nc3ncnn32)cc1. The number of aromatic nitrogens is 3. The zero-order chi connectivity index (χ0) is 19.7. The van der Waals surface area contributed by atoms with E-state index in [-0.39, 0.29) is 11.8 Å². The van der Waals surface area contributed by atoms with Gasteiger partial charge in [0.05, 0.1) is 12.8 Å². The van der Waals surface area contributed by atoms with Gasteiger partial charge in [-0.25, -0.2) is 4.68 Å². The van der Waals surface area contributed by atoms with Gasteiger partial charge in [-0.05, 0) is 42.0 Å². The van der Waals surface area contributed by atoms with Crippen molar-refractivity contribution in [2.75, 3.05) is 12.4 Å². The summed E-state index contributed by atoms with van der Waals surface area (Å²) in [6, 6.07) is 11.8. The second kappa shape index (κ2) is 7.47. The van der Waals surface area contributed by atoms with Crippen LogP contribution in [0, 0.1) is 0 Å². The van der Waals surface area contributed by atoms with Crippen LogP contribution in [-0.2, 0) is 0 Å². The Hall–Kier alpha value is -3.13. The molecule has 1 aromatic heterocycles. The van der Waals surface area contributed by atoms with Crippen molar-refractivity contribution in [3.63, 3.8) is 0 Å². The summed E-state index contributed by atoms with van der Waals surface area (Å²) in [4.78, 5) is 4.21. The Labute approximate surface area is 164 Å². The zero-order valence-corrected chi connectivity index (χ0v) is 15.4. The number of fused-ring (bicyclic) bond motifs is 1. The monoisotopic (exact) mass is 404 g/mol. The van der Waals surface area contributed by atoms with Crippen molar-refractivity contribution in [2.24, 2.45) is 0 Å². The molecule has 0 bridgehead atoms. The number of rotatable bonds is 5. The van der Waals surface area contributed by atoms with Crippen molar-refractivity contribution >= 4 is 23.2 Å². The summed E-state index contributed by atoms with van der Waals surface area (Å²) in [7, 11) is 1.60. The summed E-state index contributed by atoms with van der Waals surface area (Å²) in [6.07, 6.45) is 3.29. The first kappa shape index (κ1) is 18.2. The third kappa shape index (κ3) is 3.50. The van der Waals surface area contributed by atoms with E-state index in [1.54, 1.807) is 23.9 Å².